The molecule has 0 aromatic carbocycles. The molecule has 10 nitrogen and oxygen atoms in total. The van der Waals surface area contributed by atoms with Crippen molar-refractivity contribution in [3.8, 4) is 0 Å². The van der Waals surface area contributed by atoms with Gasteiger partial charge in [0.1, 0.15) is 11.5 Å². The quantitative estimate of drug-likeness (QED) is 0.611. The van der Waals surface area contributed by atoms with Gasteiger partial charge in [0.15, 0.2) is 11.2 Å². The summed E-state index contributed by atoms with van der Waals surface area (Å²) in [6.07, 6.45) is 5.04. The van der Waals surface area contributed by atoms with Crippen LogP contribution in [0.15, 0.2) is 15.9 Å². The summed E-state index contributed by atoms with van der Waals surface area (Å²) < 4.78 is 8.56. The van der Waals surface area contributed by atoms with E-state index in [1.54, 1.807) is 0 Å². The fraction of sp³-hybridized carbons (Fsp3) is 0.421. The maximum absolute atomic E-state index is 12.8. The first-order chi connectivity index (χ1) is 14.3. The molecule has 0 bridgehead atoms. The number of imidazole rings is 1. The van der Waals surface area contributed by atoms with Gasteiger partial charge in [-0.25, -0.2) is 14.6 Å². The minimum atomic E-state index is -0.528. The zero-order chi connectivity index (χ0) is 21.6. The van der Waals surface area contributed by atoms with Crippen LogP contribution in [0.3, 0.4) is 0 Å². The van der Waals surface area contributed by atoms with Crippen LogP contribution in [0.2, 0.25) is 0 Å². The van der Waals surface area contributed by atoms with Crippen molar-refractivity contribution in [3.63, 3.8) is 0 Å². The monoisotopic (exact) mass is 431 g/mol. The SMILES string of the molecule is COC(=O)c1c(NC(=O)Cn2cnc3c2c(=O)n(C)c(=O)n3C)sc2c1CCCC2. The Morgan fingerprint density at radius 1 is 1.20 bits per heavy atom. The number of carbonyl (C=O) groups is 2. The Labute approximate surface area is 174 Å². The third-order valence-electron chi connectivity index (χ3n) is 5.34. The number of methoxy groups -OCH3 is 1. The van der Waals surface area contributed by atoms with E-state index in [9.17, 15) is 19.2 Å². The molecule has 30 heavy (non-hydrogen) atoms. The van der Waals surface area contributed by atoms with E-state index in [2.05, 4.69) is 10.3 Å². The van der Waals surface area contributed by atoms with Gasteiger partial charge in [0, 0.05) is 19.0 Å². The lowest BCUT2D eigenvalue weighted by molar-refractivity contribution is -0.116. The number of fused-ring (bicyclic) bond motifs is 2. The molecule has 11 heteroatoms. The fourth-order valence-corrected chi connectivity index (χ4v) is 5.10. The smallest absolute Gasteiger partial charge is 0.341 e. The van der Waals surface area contributed by atoms with Crippen molar-refractivity contribution < 1.29 is 14.3 Å². The summed E-state index contributed by atoms with van der Waals surface area (Å²) in [6.45, 7) is -0.187. The first-order valence-corrected chi connectivity index (χ1v) is 10.3. The van der Waals surface area contributed by atoms with E-state index in [4.69, 9.17) is 4.74 Å². The van der Waals surface area contributed by atoms with E-state index < -0.39 is 23.1 Å². The third-order valence-corrected chi connectivity index (χ3v) is 6.55. The van der Waals surface area contributed by atoms with Gasteiger partial charge in [-0.2, -0.15) is 0 Å². The van der Waals surface area contributed by atoms with Crippen molar-refractivity contribution in [3.05, 3.63) is 43.2 Å². The molecule has 3 aromatic rings. The Bertz CT molecular complexity index is 1300. The first kappa shape index (κ1) is 20.1. The van der Waals surface area contributed by atoms with Crippen LogP contribution in [-0.4, -0.2) is 37.7 Å². The van der Waals surface area contributed by atoms with Crippen molar-refractivity contribution in [2.24, 2.45) is 14.1 Å². The van der Waals surface area contributed by atoms with Crippen molar-refractivity contribution in [1.29, 1.82) is 0 Å². The summed E-state index contributed by atoms with van der Waals surface area (Å²) in [5.74, 6) is -0.879. The summed E-state index contributed by atoms with van der Waals surface area (Å²) in [5.41, 5.74) is 0.713. The largest absolute Gasteiger partial charge is 0.465 e. The van der Waals surface area contributed by atoms with Crippen LogP contribution in [0.4, 0.5) is 5.00 Å². The molecular weight excluding hydrogens is 410 g/mol. The molecule has 0 unspecified atom stereocenters. The predicted molar refractivity (Wildman–Crippen MR) is 111 cm³/mol. The number of thiophene rings is 1. The molecule has 0 spiro atoms. The molecule has 158 valence electrons. The van der Waals surface area contributed by atoms with E-state index in [0.29, 0.717) is 10.6 Å². The van der Waals surface area contributed by atoms with Crippen LogP contribution in [0.25, 0.3) is 11.2 Å². The predicted octanol–water partition coefficient (Wildman–Crippen LogP) is 0.799. The summed E-state index contributed by atoms with van der Waals surface area (Å²) >= 11 is 1.39. The average molecular weight is 431 g/mol. The van der Waals surface area contributed by atoms with Crippen LogP contribution < -0.4 is 16.6 Å². The van der Waals surface area contributed by atoms with Gasteiger partial charge in [0.2, 0.25) is 5.91 Å². The van der Waals surface area contributed by atoms with Crippen molar-refractivity contribution in [2.45, 2.75) is 32.2 Å². The summed E-state index contributed by atoms with van der Waals surface area (Å²) in [4.78, 5) is 54.9. The number of carbonyl (C=O) groups excluding carboxylic acids is 2. The second-order valence-electron chi connectivity index (χ2n) is 7.21. The Kier molecular flexibility index (Phi) is 5.06. The standard InChI is InChI=1S/C19H21N5O5S/c1-22-15-14(17(26)23(2)19(22)28)24(9-20-15)8-12(25)21-16-13(18(27)29-3)10-6-4-5-7-11(10)30-16/h9H,4-8H2,1-3H3,(H,21,25). The molecular formula is C19H21N5O5S. The van der Waals surface area contributed by atoms with Crippen LogP contribution in [0, 0.1) is 0 Å². The van der Waals surface area contributed by atoms with Crippen LogP contribution in [-0.2, 0) is 43.0 Å². The Morgan fingerprint density at radius 2 is 1.93 bits per heavy atom. The highest BCUT2D eigenvalue weighted by Crippen LogP contribution is 2.38. The third kappa shape index (κ3) is 3.15. The molecule has 3 heterocycles. The summed E-state index contributed by atoms with van der Waals surface area (Å²) in [7, 11) is 4.21. The zero-order valence-electron chi connectivity index (χ0n) is 16.9. The van der Waals surface area contributed by atoms with Crippen molar-refractivity contribution in [1.82, 2.24) is 18.7 Å². The Hall–Kier alpha value is -3.21. The lowest BCUT2D eigenvalue weighted by atomic mass is 9.95. The molecule has 0 atom stereocenters. The van der Waals surface area contributed by atoms with Crippen LogP contribution in [0.5, 0.6) is 0 Å². The number of amides is 1. The maximum atomic E-state index is 12.8. The van der Waals surface area contributed by atoms with Crippen molar-refractivity contribution in [2.75, 3.05) is 12.4 Å². The minimum Gasteiger partial charge on any atom is -0.465 e. The maximum Gasteiger partial charge on any atom is 0.341 e. The van der Waals surface area contributed by atoms with Gasteiger partial charge in [-0.05, 0) is 31.2 Å². The number of anilines is 1. The molecule has 0 saturated carbocycles. The van der Waals surface area contributed by atoms with Gasteiger partial charge in [0.25, 0.3) is 5.56 Å². The molecule has 0 aliphatic heterocycles. The number of aromatic nitrogens is 4. The highest BCUT2D eigenvalue weighted by Gasteiger charge is 2.27. The molecule has 1 aliphatic carbocycles. The number of hydrogen-bond acceptors (Lipinski definition) is 7. The van der Waals surface area contributed by atoms with E-state index in [1.165, 1.54) is 48.0 Å². The van der Waals surface area contributed by atoms with Crippen LogP contribution in [0.1, 0.15) is 33.6 Å². The number of rotatable bonds is 4. The molecule has 1 amide bonds. The highest BCUT2D eigenvalue weighted by molar-refractivity contribution is 7.17. The topological polar surface area (TPSA) is 117 Å². The number of nitrogens with zero attached hydrogens (tertiary/aromatic N) is 4. The molecule has 0 fully saturated rings. The number of aryl methyl sites for hydroxylation is 2. The van der Waals surface area contributed by atoms with Gasteiger partial charge >= 0.3 is 11.7 Å². The van der Waals surface area contributed by atoms with E-state index in [0.717, 1.165) is 40.7 Å². The average Bonchev–Trinajstić information content (AvgIpc) is 3.31. The van der Waals surface area contributed by atoms with Gasteiger partial charge in [-0.3, -0.25) is 18.7 Å². The fourth-order valence-electron chi connectivity index (χ4n) is 3.81. The molecule has 0 saturated heterocycles. The first-order valence-electron chi connectivity index (χ1n) is 9.47. The molecule has 1 N–H and O–H groups in total. The van der Waals surface area contributed by atoms with Crippen LogP contribution >= 0.6 is 11.3 Å². The highest BCUT2D eigenvalue weighted by atomic mass is 32.1. The molecule has 1 aliphatic rings. The van der Waals surface area contributed by atoms with E-state index >= 15 is 0 Å². The van der Waals surface area contributed by atoms with Gasteiger partial charge < -0.3 is 14.6 Å². The number of ether oxygens (including phenoxy) is 1. The van der Waals surface area contributed by atoms with Crippen molar-refractivity contribution >= 4 is 39.4 Å². The zero-order valence-corrected chi connectivity index (χ0v) is 17.7. The van der Waals surface area contributed by atoms with Gasteiger partial charge in [0.05, 0.1) is 19.0 Å². The minimum absolute atomic E-state index is 0.161. The molecule has 3 aromatic heterocycles. The van der Waals surface area contributed by atoms with E-state index in [1.807, 2.05) is 0 Å². The number of esters is 1. The lowest BCUT2D eigenvalue weighted by Crippen LogP contribution is -2.37. The summed E-state index contributed by atoms with van der Waals surface area (Å²) in [6, 6.07) is 0. The number of nitrogens with one attached hydrogen (secondary N) is 1. The lowest BCUT2D eigenvalue weighted by Gasteiger charge is -2.12. The normalized spacial score (nSPS) is 13.3. The van der Waals surface area contributed by atoms with Gasteiger partial charge in [-0.1, -0.05) is 0 Å². The second-order valence-corrected chi connectivity index (χ2v) is 8.31. The Balaban J connectivity index is 1.67. The number of hydrogen-bond donors (Lipinski definition) is 1. The second kappa shape index (κ2) is 7.56. The molecule has 4 rings (SSSR count). The van der Waals surface area contributed by atoms with E-state index in [-0.39, 0.29) is 17.7 Å². The van der Waals surface area contributed by atoms with Gasteiger partial charge in [-0.15, -0.1) is 11.3 Å². The molecule has 0 radical (unpaired) electrons. The Morgan fingerprint density at radius 3 is 2.67 bits per heavy atom. The summed E-state index contributed by atoms with van der Waals surface area (Å²) in [5, 5.41) is 3.26.